The van der Waals surface area contributed by atoms with E-state index in [1.807, 2.05) is 0 Å². The number of ether oxygens (including phenoxy) is 1. The second-order valence-electron chi connectivity index (χ2n) is 3.74. The molecular weight excluding hydrogens is 334 g/mol. The van der Waals surface area contributed by atoms with E-state index in [-0.39, 0.29) is 5.69 Å². The highest BCUT2D eigenvalue weighted by atomic mass is 79.9. The molecule has 0 saturated carbocycles. The number of benzene rings is 2. The van der Waals surface area contributed by atoms with E-state index in [4.69, 9.17) is 16.3 Å². The quantitative estimate of drug-likeness (QED) is 0.449. The summed E-state index contributed by atoms with van der Waals surface area (Å²) < 4.78 is 5.68. The molecule has 4 nitrogen and oxygen atoms in total. The van der Waals surface area contributed by atoms with Gasteiger partial charge < -0.3 is 4.74 Å². The third kappa shape index (κ3) is 3.45. The summed E-state index contributed by atoms with van der Waals surface area (Å²) in [5.74, 6) is 1.20. The lowest BCUT2D eigenvalue weighted by molar-refractivity contribution is -0.384. The number of rotatable bonds is 4. The average molecular weight is 343 g/mol. The lowest BCUT2D eigenvalue weighted by Crippen LogP contribution is -1.91. The Kier molecular flexibility index (Phi) is 4.39. The maximum Gasteiger partial charge on any atom is 0.269 e. The Morgan fingerprint density at radius 2 is 1.89 bits per heavy atom. The second kappa shape index (κ2) is 6.04. The normalized spacial score (nSPS) is 10.2. The van der Waals surface area contributed by atoms with Crippen molar-refractivity contribution >= 4 is 33.2 Å². The monoisotopic (exact) mass is 341 g/mol. The molecule has 0 saturated heterocycles. The largest absolute Gasteiger partial charge is 0.457 e. The number of hydrogen-bond donors (Lipinski definition) is 0. The zero-order valence-electron chi connectivity index (χ0n) is 9.68. The minimum absolute atomic E-state index is 0.0316. The SMILES string of the molecule is O=[N+]([O-])c1ccc(Oc2ccc(Cl)cc2CBr)cc1. The van der Waals surface area contributed by atoms with Crippen molar-refractivity contribution in [3.05, 3.63) is 63.2 Å². The average Bonchev–Trinajstić information content (AvgIpc) is 2.41. The molecule has 0 fully saturated rings. The number of hydrogen-bond acceptors (Lipinski definition) is 3. The number of nitro benzene ring substituents is 1. The first-order chi connectivity index (χ1) is 9.10. The van der Waals surface area contributed by atoms with Crippen LogP contribution in [0.15, 0.2) is 42.5 Å². The Bertz CT molecular complexity index is 601. The van der Waals surface area contributed by atoms with Crippen LogP contribution < -0.4 is 4.74 Å². The Morgan fingerprint density at radius 3 is 2.47 bits per heavy atom. The van der Waals surface area contributed by atoms with Gasteiger partial charge in [-0.2, -0.15) is 0 Å². The highest BCUT2D eigenvalue weighted by Crippen LogP contribution is 2.30. The molecule has 2 aromatic rings. The van der Waals surface area contributed by atoms with Gasteiger partial charge in [0.05, 0.1) is 4.92 Å². The maximum absolute atomic E-state index is 10.6. The molecule has 19 heavy (non-hydrogen) atoms. The van der Waals surface area contributed by atoms with Gasteiger partial charge in [-0.1, -0.05) is 27.5 Å². The summed E-state index contributed by atoms with van der Waals surface area (Å²) in [5, 5.41) is 11.8. The summed E-state index contributed by atoms with van der Waals surface area (Å²) in [5.41, 5.74) is 0.940. The highest BCUT2D eigenvalue weighted by Gasteiger charge is 2.07. The van der Waals surface area contributed by atoms with Crippen molar-refractivity contribution in [3.8, 4) is 11.5 Å². The van der Waals surface area contributed by atoms with Gasteiger partial charge in [0.1, 0.15) is 11.5 Å². The van der Waals surface area contributed by atoms with Gasteiger partial charge in [-0.05, 0) is 30.3 Å². The molecule has 0 aromatic heterocycles. The van der Waals surface area contributed by atoms with Crippen LogP contribution in [0.3, 0.4) is 0 Å². The predicted octanol–water partition coefficient (Wildman–Crippen LogP) is 4.94. The third-order valence-electron chi connectivity index (χ3n) is 2.44. The molecule has 2 rings (SSSR count). The zero-order valence-corrected chi connectivity index (χ0v) is 12.0. The van der Waals surface area contributed by atoms with Gasteiger partial charge in [0, 0.05) is 28.0 Å². The summed E-state index contributed by atoms with van der Waals surface area (Å²) in [6.45, 7) is 0. The number of halogens is 2. The van der Waals surface area contributed by atoms with Gasteiger partial charge in [-0.15, -0.1) is 0 Å². The van der Waals surface area contributed by atoms with Crippen LogP contribution in [0.2, 0.25) is 5.02 Å². The zero-order chi connectivity index (χ0) is 13.8. The smallest absolute Gasteiger partial charge is 0.269 e. The molecule has 0 radical (unpaired) electrons. The molecule has 0 atom stereocenters. The summed E-state index contributed by atoms with van der Waals surface area (Å²) >= 11 is 9.26. The number of alkyl halides is 1. The molecule has 6 heteroatoms. The lowest BCUT2D eigenvalue weighted by Gasteiger charge is -2.09. The van der Waals surface area contributed by atoms with Crippen LogP contribution in [0.5, 0.6) is 11.5 Å². The Labute approximate surface area is 123 Å². The molecule has 0 unspecified atom stereocenters. The Morgan fingerprint density at radius 1 is 1.21 bits per heavy atom. The molecule has 98 valence electrons. The van der Waals surface area contributed by atoms with Gasteiger partial charge in [0.25, 0.3) is 5.69 Å². The fourth-order valence-electron chi connectivity index (χ4n) is 1.51. The molecule has 0 spiro atoms. The van der Waals surface area contributed by atoms with Crippen molar-refractivity contribution in [1.82, 2.24) is 0 Å². The molecule has 2 aromatic carbocycles. The minimum atomic E-state index is -0.448. The number of nitrogens with zero attached hydrogens (tertiary/aromatic N) is 1. The topological polar surface area (TPSA) is 52.4 Å². The van der Waals surface area contributed by atoms with Gasteiger partial charge in [0.15, 0.2) is 0 Å². The summed E-state index contributed by atoms with van der Waals surface area (Å²) in [6.07, 6.45) is 0. The van der Waals surface area contributed by atoms with E-state index in [9.17, 15) is 10.1 Å². The fraction of sp³-hybridized carbons (Fsp3) is 0.0769. The van der Waals surface area contributed by atoms with Crippen molar-refractivity contribution in [2.45, 2.75) is 5.33 Å². The van der Waals surface area contributed by atoms with E-state index in [0.29, 0.717) is 21.9 Å². The fourth-order valence-corrected chi connectivity index (χ4v) is 2.15. The summed E-state index contributed by atoms with van der Waals surface area (Å²) in [7, 11) is 0. The first-order valence-corrected chi connectivity index (χ1v) is 6.87. The molecule has 0 amide bonds. The van der Waals surface area contributed by atoms with Crippen LogP contribution in [0.4, 0.5) is 5.69 Å². The van der Waals surface area contributed by atoms with Crippen LogP contribution in [0, 0.1) is 10.1 Å². The van der Waals surface area contributed by atoms with Crippen LogP contribution >= 0.6 is 27.5 Å². The molecule has 0 N–H and O–H groups in total. The van der Waals surface area contributed by atoms with E-state index in [0.717, 1.165) is 5.56 Å². The van der Waals surface area contributed by atoms with Gasteiger partial charge in [0.2, 0.25) is 0 Å². The van der Waals surface area contributed by atoms with E-state index >= 15 is 0 Å². The van der Waals surface area contributed by atoms with Gasteiger partial charge in [-0.25, -0.2) is 0 Å². The number of non-ortho nitro benzene ring substituents is 1. The minimum Gasteiger partial charge on any atom is -0.457 e. The van der Waals surface area contributed by atoms with E-state index in [1.165, 1.54) is 12.1 Å². The van der Waals surface area contributed by atoms with Crippen molar-refractivity contribution in [2.24, 2.45) is 0 Å². The van der Waals surface area contributed by atoms with Gasteiger partial charge in [-0.3, -0.25) is 10.1 Å². The van der Waals surface area contributed by atoms with Crippen molar-refractivity contribution < 1.29 is 9.66 Å². The molecule has 0 aliphatic carbocycles. The standard InChI is InChI=1S/C13H9BrClNO3/c14-8-9-7-10(15)1-6-13(9)19-12-4-2-11(3-5-12)16(17)18/h1-7H,8H2. The summed E-state index contributed by atoms with van der Waals surface area (Å²) in [4.78, 5) is 10.1. The Hall–Kier alpha value is -1.59. The third-order valence-corrected chi connectivity index (χ3v) is 3.28. The van der Waals surface area contributed by atoms with Gasteiger partial charge >= 0.3 is 0 Å². The lowest BCUT2D eigenvalue weighted by atomic mass is 10.2. The first-order valence-electron chi connectivity index (χ1n) is 5.37. The predicted molar refractivity (Wildman–Crippen MR) is 77.3 cm³/mol. The van der Waals surface area contributed by atoms with E-state index in [2.05, 4.69) is 15.9 Å². The first kappa shape index (κ1) is 13.8. The van der Waals surface area contributed by atoms with Crippen molar-refractivity contribution in [2.75, 3.05) is 0 Å². The molecule has 0 aliphatic rings. The maximum atomic E-state index is 10.6. The van der Waals surface area contributed by atoms with Crippen LogP contribution in [-0.2, 0) is 5.33 Å². The van der Waals surface area contributed by atoms with Crippen molar-refractivity contribution in [1.29, 1.82) is 0 Å². The van der Waals surface area contributed by atoms with E-state index < -0.39 is 4.92 Å². The van der Waals surface area contributed by atoms with Crippen LogP contribution in [-0.4, -0.2) is 4.92 Å². The van der Waals surface area contributed by atoms with E-state index in [1.54, 1.807) is 30.3 Å². The Balaban J connectivity index is 2.23. The van der Waals surface area contributed by atoms with Crippen molar-refractivity contribution in [3.63, 3.8) is 0 Å². The molecule has 0 aliphatic heterocycles. The highest BCUT2D eigenvalue weighted by molar-refractivity contribution is 9.08. The molecule has 0 bridgehead atoms. The molecule has 0 heterocycles. The second-order valence-corrected chi connectivity index (χ2v) is 4.74. The van der Waals surface area contributed by atoms with Crippen LogP contribution in [0.1, 0.15) is 5.56 Å². The molecular formula is C13H9BrClNO3. The summed E-state index contributed by atoms with van der Waals surface area (Å²) in [6, 6.07) is 11.2. The van der Waals surface area contributed by atoms with Crippen LogP contribution in [0.25, 0.3) is 0 Å². The number of nitro groups is 1.